The number of fused-ring (bicyclic) bond motifs is 1. The lowest BCUT2D eigenvalue weighted by molar-refractivity contribution is 0.161. The summed E-state index contributed by atoms with van der Waals surface area (Å²) in [5, 5.41) is 0.713. The van der Waals surface area contributed by atoms with Crippen LogP contribution in [0.1, 0.15) is 35.3 Å². The second-order valence-corrected chi connectivity index (χ2v) is 5.55. The van der Waals surface area contributed by atoms with Crippen LogP contribution < -0.4 is 10.5 Å². The van der Waals surface area contributed by atoms with E-state index >= 15 is 0 Å². The van der Waals surface area contributed by atoms with Gasteiger partial charge < -0.3 is 10.5 Å². The summed E-state index contributed by atoms with van der Waals surface area (Å²) in [5.41, 5.74) is 8.87. The van der Waals surface area contributed by atoms with Crippen LogP contribution in [-0.4, -0.2) is 0 Å². The Morgan fingerprint density at radius 1 is 1.25 bits per heavy atom. The molecule has 0 bridgehead atoms. The minimum atomic E-state index is -0.292. The van der Waals surface area contributed by atoms with Crippen LogP contribution in [0.3, 0.4) is 0 Å². The first kappa shape index (κ1) is 13.4. The van der Waals surface area contributed by atoms with Gasteiger partial charge in [-0.25, -0.2) is 4.39 Å². The summed E-state index contributed by atoms with van der Waals surface area (Å²) in [6, 6.07) is 10.1. The van der Waals surface area contributed by atoms with Crippen molar-refractivity contribution in [3.05, 3.63) is 63.9 Å². The van der Waals surface area contributed by atoms with Crippen molar-refractivity contribution in [1.82, 2.24) is 0 Å². The monoisotopic (exact) mass is 291 g/mol. The summed E-state index contributed by atoms with van der Waals surface area (Å²) >= 11 is 6.15. The van der Waals surface area contributed by atoms with E-state index in [4.69, 9.17) is 22.1 Å². The maximum absolute atomic E-state index is 13.3. The molecular weight excluding hydrogens is 277 g/mol. The molecule has 20 heavy (non-hydrogen) atoms. The highest BCUT2D eigenvalue weighted by Crippen LogP contribution is 2.40. The molecule has 1 heterocycles. The molecule has 2 aromatic rings. The third-order valence-corrected chi connectivity index (χ3v) is 4.08. The third-order valence-electron chi connectivity index (χ3n) is 3.68. The average Bonchev–Trinajstić information content (AvgIpc) is 2.42. The van der Waals surface area contributed by atoms with Crippen LogP contribution in [0.25, 0.3) is 0 Å². The van der Waals surface area contributed by atoms with Crippen molar-refractivity contribution in [1.29, 1.82) is 0 Å². The fourth-order valence-corrected chi connectivity index (χ4v) is 2.68. The first-order valence-electron chi connectivity index (χ1n) is 6.52. The fraction of sp³-hybridized carbons (Fsp3) is 0.250. The van der Waals surface area contributed by atoms with E-state index in [0.29, 0.717) is 17.2 Å². The van der Waals surface area contributed by atoms with Gasteiger partial charge in [0.1, 0.15) is 17.7 Å². The molecule has 2 atom stereocenters. The maximum Gasteiger partial charge on any atom is 0.126 e. The molecule has 104 valence electrons. The van der Waals surface area contributed by atoms with Gasteiger partial charge in [0.15, 0.2) is 0 Å². The van der Waals surface area contributed by atoms with E-state index in [1.807, 2.05) is 25.1 Å². The summed E-state index contributed by atoms with van der Waals surface area (Å²) in [5.74, 6) is 0.353. The molecule has 0 amide bonds. The largest absolute Gasteiger partial charge is 0.485 e. The highest BCUT2D eigenvalue weighted by molar-refractivity contribution is 6.31. The second-order valence-electron chi connectivity index (χ2n) is 5.14. The molecule has 2 nitrogen and oxygen atoms in total. The van der Waals surface area contributed by atoms with E-state index in [1.165, 1.54) is 12.1 Å². The molecule has 1 aliphatic heterocycles. The zero-order valence-corrected chi connectivity index (χ0v) is 11.8. The van der Waals surface area contributed by atoms with Crippen molar-refractivity contribution in [2.75, 3.05) is 0 Å². The van der Waals surface area contributed by atoms with E-state index in [9.17, 15) is 4.39 Å². The van der Waals surface area contributed by atoms with E-state index in [1.54, 1.807) is 6.07 Å². The van der Waals surface area contributed by atoms with E-state index < -0.39 is 0 Å². The third kappa shape index (κ3) is 2.39. The van der Waals surface area contributed by atoms with Crippen LogP contribution >= 0.6 is 11.6 Å². The first-order chi connectivity index (χ1) is 9.54. The van der Waals surface area contributed by atoms with Crippen molar-refractivity contribution in [3.8, 4) is 5.75 Å². The number of nitrogens with two attached hydrogens (primary N) is 1. The van der Waals surface area contributed by atoms with Gasteiger partial charge in [-0.15, -0.1) is 0 Å². The van der Waals surface area contributed by atoms with Crippen LogP contribution in [0.4, 0.5) is 4.39 Å². The lowest BCUT2D eigenvalue weighted by atomic mass is 9.93. The van der Waals surface area contributed by atoms with Gasteiger partial charge in [-0.2, -0.15) is 0 Å². The van der Waals surface area contributed by atoms with Gasteiger partial charge in [0.25, 0.3) is 0 Å². The molecule has 0 saturated heterocycles. The van der Waals surface area contributed by atoms with Crippen LogP contribution in [0, 0.1) is 12.7 Å². The summed E-state index contributed by atoms with van der Waals surface area (Å²) in [6.07, 6.45) is 0.455. The Bertz CT molecular complexity index is 659. The number of benzene rings is 2. The van der Waals surface area contributed by atoms with Crippen molar-refractivity contribution < 1.29 is 9.13 Å². The van der Waals surface area contributed by atoms with E-state index in [0.717, 1.165) is 16.7 Å². The Kier molecular flexibility index (Phi) is 3.40. The minimum absolute atomic E-state index is 0.152. The first-order valence-corrected chi connectivity index (χ1v) is 6.90. The van der Waals surface area contributed by atoms with E-state index in [2.05, 4.69) is 0 Å². The van der Waals surface area contributed by atoms with Crippen LogP contribution in [0.15, 0.2) is 36.4 Å². The molecule has 4 heteroatoms. The lowest BCUT2D eigenvalue weighted by Gasteiger charge is -2.30. The number of aryl methyl sites for hydroxylation is 1. The zero-order valence-electron chi connectivity index (χ0n) is 11.1. The SMILES string of the molecule is Cc1ccc(C2CC(N)c3cc(F)ccc3O2)cc1Cl. The molecule has 0 saturated carbocycles. The van der Waals surface area contributed by atoms with Gasteiger partial charge in [0, 0.05) is 23.0 Å². The lowest BCUT2D eigenvalue weighted by Crippen LogP contribution is -2.24. The minimum Gasteiger partial charge on any atom is -0.485 e. The Balaban J connectivity index is 1.94. The van der Waals surface area contributed by atoms with Gasteiger partial charge >= 0.3 is 0 Å². The molecule has 1 aliphatic rings. The number of rotatable bonds is 1. The van der Waals surface area contributed by atoms with Gasteiger partial charge in [-0.3, -0.25) is 0 Å². The summed E-state index contributed by atoms with van der Waals surface area (Å²) in [4.78, 5) is 0. The number of hydrogen-bond donors (Lipinski definition) is 1. The zero-order chi connectivity index (χ0) is 14.3. The van der Waals surface area contributed by atoms with Crippen LogP contribution in [0.5, 0.6) is 5.75 Å². The van der Waals surface area contributed by atoms with Crippen molar-refractivity contribution in [2.45, 2.75) is 25.5 Å². The van der Waals surface area contributed by atoms with E-state index in [-0.39, 0.29) is 18.0 Å². The Morgan fingerprint density at radius 2 is 2.05 bits per heavy atom. The number of ether oxygens (including phenoxy) is 1. The van der Waals surface area contributed by atoms with Gasteiger partial charge in [0.2, 0.25) is 0 Å². The summed E-state index contributed by atoms with van der Waals surface area (Å²) < 4.78 is 19.2. The normalized spacial score (nSPS) is 21.2. The van der Waals surface area contributed by atoms with Crippen molar-refractivity contribution in [3.63, 3.8) is 0 Å². The second kappa shape index (κ2) is 5.08. The predicted octanol–water partition coefficient (Wildman–Crippen LogP) is 4.31. The Hall–Kier alpha value is -1.58. The molecule has 3 rings (SSSR count). The Morgan fingerprint density at radius 3 is 2.80 bits per heavy atom. The molecule has 2 N–H and O–H groups in total. The molecule has 2 unspecified atom stereocenters. The van der Waals surface area contributed by atoms with Crippen LogP contribution in [0.2, 0.25) is 5.02 Å². The van der Waals surface area contributed by atoms with Crippen molar-refractivity contribution in [2.24, 2.45) is 5.73 Å². The quantitative estimate of drug-likeness (QED) is 0.849. The highest BCUT2D eigenvalue weighted by Gasteiger charge is 2.27. The smallest absolute Gasteiger partial charge is 0.126 e. The van der Waals surface area contributed by atoms with Gasteiger partial charge in [0.05, 0.1) is 0 Å². The Labute approximate surface area is 122 Å². The van der Waals surface area contributed by atoms with Crippen molar-refractivity contribution >= 4 is 11.6 Å². The number of hydrogen-bond acceptors (Lipinski definition) is 2. The molecule has 2 aromatic carbocycles. The molecule has 0 aliphatic carbocycles. The van der Waals surface area contributed by atoms with Crippen LogP contribution in [-0.2, 0) is 0 Å². The fourth-order valence-electron chi connectivity index (χ4n) is 2.49. The average molecular weight is 292 g/mol. The molecular formula is C16H15ClFNO. The molecule has 0 spiro atoms. The summed E-state index contributed by atoms with van der Waals surface area (Å²) in [7, 11) is 0. The highest BCUT2D eigenvalue weighted by atomic mass is 35.5. The van der Waals surface area contributed by atoms with Gasteiger partial charge in [-0.05, 0) is 42.3 Å². The predicted molar refractivity (Wildman–Crippen MR) is 77.5 cm³/mol. The summed E-state index contributed by atoms with van der Waals surface area (Å²) in [6.45, 7) is 1.96. The molecule has 0 fully saturated rings. The number of halogens is 2. The molecule has 0 radical (unpaired) electrons. The topological polar surface area (TPSA) is 35.2 Å². The van der Waals surface area contributed by atoms with Gasteiger partial charge in [-0.1, -0.05) is 23.7 Å². The standard InChI is InChI=1S/C16H15ClFNO/c1-9-2-3-10(6-13(9)17)16-8-14(19)12-7-11(18)4-5-15(12)20-16/h2-7,14,16H,8,19H2,1H3. The molecule has 0 aromatic heterocycles. The maximum atomic E-state index is 13.3.